The Labute approximate surface area is 121 Å². The molecule has 0 aromatic heterocycles. The number of benzene rings is 1. The molecule has 0 bridgehead atoms. The average Bonchev–Trinajstić information content (AvgIpc) is 2.48. The molecular weight excluding hydrogens is 272 g/mol. The maximum absolute atomic E-state index is 12.6. The van der Waals surface area contributed by atoms with Crippen molar-refractivity contribution in [2.24, 2.45) is 0 Å². The molecule has 20 heavy (non-hydrogen) atoms. The fraction of sp³-hybridized carbons (Fsp3) is 0.500. The van der Waals surface area contributed by atoms with Crippen LogP contribution in [0.1, 0.15) is 33.6 Å². The first-order valence-corrected chi connectivity index (χ1v) is 8.62. The van der Waals surface area contributed by atoms with Gasteiger partial charge in [0, 0.05) is 0 Å². The van der Waals surface area contributed by atoms with Gasteiger partial charge in [-0.15, -0.1) is 0 Å². The van der Waals surface area contributed by atoms with Gasteiger partial charge in [0.2, 0.25) is 0 Å². The lowest BCUT2D eigenvalue weighted by atomic mass is 10.0. The fourth-order valence-corrected chi connectivity index (χ4v) is 4.09. The Hall–Kier alpha value is -1.13. The summed E-state index contributed by atoms with van der Waals surface area (Å²) in [5.41, 5.74) is 1.20. The molecule has 3 atom stereocenters. The second-order valence-corrected chi connectivity index (χ2v) is 7.62. The van der Waals surface area contributed by atoms with E-state index in [0.717, 1.165) is 6.42 Å². The van der Waals surface area contributed by atoms with Gasteiger partial charge in [-0.2, -0.15) is 0 Å². The van der Waals surface area contributed by atoms with Crippen molar-refractivity contribution in [2.45, 2.75) is 56.0 Å². The van der Waals surface area contributed by atoms with E-state index in [1.54, 1.807) is 31.2 Å². The summed E-state index contributed by atoms with van der Waals surface area (Å²) in [5, 5.41) is -0.539. The first-order chi connectivity index (χ1) is 9.46. The summed E-state index contributed by atoms with van der Waals surface area (Å²) in [6.07, 6.45) is 3.42. The standard InChI is InChI=1S/C16H22O3S/c1-4-15-12(2)10-11-16(19-15)13(3)20(17,18)14-8-6-5-7-9-14/h5-10,13,15-16H,4,11H2,1-3H3/t13-,15-,16-/m0/s1. The monoisotopic (exact) mass is 294 g/mol. The first-order valence-electron chi connectivity index (χ1n) is 7.08. The molecule has 0 saturated carbocycles. The third-order valence-corrected chi connectivity index (χ3v) is 6.19. The maximum atomic E-state index is 12.6. The van der Waals surface area contributed by atoms with Crippen LogP contribution in [0.25, 0.3) is 0 Å². The Kier molecular flexibility index (Phi) is 4.66. The van der Waals surface area contributed by atoms with Crippen LogP contribution in [-0.2, 0) is 14.6 Å². The number of ether oxygens (including phenoxy) is 1. The Bertz CT molecular complexity index is 575. The van der Waals surface area contributed by atoms with Crippen molar-refractivity contribution in [3.63, 3.8) is 0 Å². The third kappa shape index (κ3) is 2.96. The lowest BCUT2D eigenvalue weighted by molar-refractivity contribution is -0.00225. The quantitative estimate of drug-likeness (QED) is 0.800. The van der Waals surface area contributed by atoms with E-state index in [1.807, 2.05) is 13.0 Å². The molecule has 0 amide bonds. The summed E-state index contributed by atoms with van der Waals surface area (Å²) >= 11 is 0. The minimum absolute atomic E-state index is 0.0437. The third-order valence-electron chi connectivity index (χ3n) is 3.97. The zero-order valence-corrected chi connectivity index (χ0v) is 13.1. The van der Waals surface area contributed by atoms with Gasteiger partial charge in [0.1, 0.15) is 0 Å². The second kappa shape index (κ2) is 6.10. The smallest absolute Gasteiger partial charge is 0.183 e. The molecule has 1 heterocycles. The number of rotatable bonds is 4. The summed E-state index contributed by atoms with van der Waals surface area (Å²) in [7, 11) is -3.34. The largest absolute Gasteiger partial charge is 0.369 e. The van der Waals surface area contributed by atoms with E-state index in [4.69, 9.17) is 4.74 Å². The summed E-state index contributed by atoms with van der Waals surface area (Å²) in [6.45, 7) is 5.84. The Morgan fingerprint density at radius 1 is 1.30 bits per heavy atom. The van der Waals surface area contributed by atoms with Crippen molar-refractivity contribution in [1.82, 2.24) is 0 Å². The highest BCUT2D eigenvalue weighted by Gasteiger charge is 2.34. The molecule has 0 aliphatic carbocycles. The van der Waals surface area contributed by atoms with Gasteiger partial charge in [0.05, 0.1) is 22.4 Å². The summed E-state index contributed by atoms with van der Waals surface area (Å²) in [6, 6.07) is 8.61. The van der Waals surface area contributed by atoms with Gasteiger partial charge < -0.3 is 4.74 Å². The topological polar surface area (TPSA) is 43.4 Å². The predicted molar refractivity (Wildman–Crippen MR) is 80.4 cm³/mol. The highest BCUT2D eigenvalue weighted by molar-refractivity contribution is 7.92. The average molecular weight is 294 g/mol. The molecule has 110 valence electrons. The molecule has 2 rings (SSSR count). The summed E-state index contributed by atoms with van der Waals surface area (Å²) in [4.78, 5) is 0.371. The van der Waals surface area contributed by atoms with Crippen LogP contribution < -0.4 is 0 Å². The molecule has 0 saturated heterocycles. The molecular formula is C16H22O3S. The summed E-state index contributed by atoms with van der Waals surface area (Å²) in [5.74, 6) is 0. The first kappa shape index (κ1) is 15.3. The lowest BCUT2D eigenvalue weighted by Gasteiger charge is -2.32. The number of hydrogen-bond acceptors (Lipinski definition) is 3. The minimum Gasteiger partial charge on any atom is -0.369 e. The van der Waals surface area contributed by atoms with Crippen LogP contribution in [0.15, 0.2) is 46.9 Å². The summed E-state index contributed by atoms with van der Waals surface area (Å²) < 4.78 is 31.2. The van der Waals surface area contributed by atoms with Gasteiger partial charge in [-0.3, -0.25) is 0 Å². The van der Waals surface area contributed by atoms with Crippen molar-refractivity contribution >= 4 is 9.84 Å². The van der Waals surface area contributed by atoms with Gasteiger partial charge in [-0.05, 0) is 44.4 Å². The molecule has 0 N–H and O–H groups in total. The highest BCUT2D eigenvalue weighted by Crippen LogP contribution is 2.28. The zero-order valence-electron chi connectivity index (χ0n) is 12.2. The molecule has 0 radical (unpaired) electrons. The predicted octanol–water partition coefficient (Wildman–Crippen LogP) is 3.36. The molecule has 4 heteroatoms. The van der Waals surface area contributed by atoms with Crippen molar-refractivity contribution in [3.8, 4) is 0 Å². The minimum atomic E-state index is -3.34. The Morgan fingerprint density at radius 2 is 1.95 bits per heavy atom. The molecule has 1 aromatic carbocycles. The van der Waals surface area contributed by atoms with Crippen molar-refractivity contribution in [2.75, 3.05) is 0 Å². The SMILES string of the molecule is CC[C@@H]1O[C@H]([C@H](C)S(=O)(=O)c2ccccc2)CC=C1C. The number of sulfone groups is 1. The molecule has 1 aliphatic rings. The van der Waals surface area contributed by atoms with E-state index in [-0.39, 0.29) is 12.2 Å². The van der Waals surface area contributed by atoms with Gasteiger partial charge in [-0.1, -0.05) is 31.2 Å². The van der Waals surface area contributed by atoms with Crippen LogP contribution in [-0.4, -0.2) is 25.9 Å². The van der Waals surface area contributed by atoms with E-state index in [2.05, 4.69) is 13.0 Å². The molecule has 0 spiro atoms. The molecule has 1 aliphatic heterocycles. The molecule has 0 fully saturated rings. The van der Waals surface area contributed by atoms with E-state index < -0.39 is 15.1 Å². The van der Waals surface area contributed by atoms with E-state index >= 15 is 0 Å². The van der Waals surface area contributed by atoms with Gasteiger partial charge in [-0.25, -0.2) is 8.42 Å². The van der Waals surface area contributed by atoms with E-state index in [1.165, 1.54) is 5.57 Å². The molecule has 3 nitrogen and oxygen atoms in total. The van der Waals surface area contributed by atoms with E-state index in [0.29, 0.717) is 11.3 Å². The van der Waals surface area contributed by atoms with Crippen LogP contribution in [0.3, 0.4) is 0 Å². The van der Waals surface area contributed by atoms with Gasteiger partial charge in [0.15, 0.2) is 9.84 Å². The van der Waals surface area contributed by atoms with Crippen LogP contribution in [0, 0.1) is 0 Å². The highest BCUT2D eigenvalue weighted by atomic mass is 32.2. The van der Waals surface area contributed by atoms with Crippen LogP contribution in [0.2, 0.25) is 0 Å². The Morgan fingerprint density at radius 3 is 2.55 bits per heavy atom. The van der Waals surface area contributed by atoms with E-state index in [9.17, 15) is 8.42 Å². The second-order valence-electron chi connectivity index (χ2n) is 5.32. The van der Waals surface area contributed by atoms with Crippen molar-refractivity contribution < 1.29 is 13.2 Å². The zero-order chi connectivity index (χ0) is 14.8. The van der Waals surface area contributed by atoms with Crippen LogP contribution >= 0.6 is 0 Å². The van der Waals surface area contributed by atoms with Crippen molar-refractivity contribution in [3.05, 3.63) is 42.0 Å². The molecule has 0 unspecified atom stereocenters. The van der Waals surface area contributed by atoms with Gasteiger partial charge in [0.25, 0.3) is 0 Å². The molecule has 1 aromatic rings. The fourth-order valence-electron chi connectivity index (χ4n) is 2.55. The van der Waals surface area contributed by atoms with Crippen LogP contribution in [0.4, 0.5) is 0 Å². The number of hydrogen-bond donors (Lipinski definition) is 0. The lowest BCUT2D eigenvalue weighted by Crippen LogP contribution is -2.38. The Balaban J connectivity index is 2.22. The maximum Gasteiger partial charge on any atom is 0.183 e. The van der Waals surface area contributed by atoms with Gasteiger partial charge >= 0.3 is 0 Å². The van der Waals surface area contributed by atoms with Crippen molar-refractivity contribution in [1.29, 1.82) is 0 Å². The normalized spacial score (nSPS) is 25.1. The van der Waals surface area contributed by atoms with Crippen LogP contribution in [0.5, 0.6) is 0 Å².